The van der Waals surface area contributed by atoms with Crippen LogP contribution in [0.25, 0.3) is 104 Å². The van der Waals surface area contributed by atoms with Crippen molar-refractivity contribution < 1.29 is 4.42 Å². The smallest absolute Gasteiger partial charge is 0.165 e. The summed E-state index contributed by atoms with van der Waals surface area (Å²) in [5.74, 6) is 0.789. The fraction of sp³-hybridized carbons (Fsp3) is 0. The third-order valence-electron chi connectivity index (χ3n) is 9.73. The van der Waals surface area contributed by atoms with Gasteiger partial charge in [0.25, 0.3) is 0 Å². The van der Waals surface area contributed by atoms with E-state index in [1.54, 1.807) is 0 Å². The van der Waals surface area contributed by atoms with E-state index in [1.807, 2.05) is 36.4 Å². The lowest BCUT2D eigenvalue weighted by Gasteiger charge is -2.14. The summed E-state index contributed by atoms with van der Waals surface area (Å²) in [6.07, 6.45) is 0. The van der Waals surface area contributed by atoms with E-state index in [1.165, 1.54) is 43.1 Å². The first-order valence-corrected chi connectivity index (χ1v) is 15.6. The number of aromatic nitrogens is 3. The summed E-state index contributed by atoms with van der Waals surface area (Å²) in [6.45, 7) is 0. The van der Waals surface area contributed by atoms with Crippen LogP contribution in [0.2, 0.25) is 0 Å². The van der Waals surface area contributed by atoms with E-state index in [-0.39, 0.29) is 0 Å². The van der Waals surface area contributed by atoms with E-state index in [2.05, 4.69) is 108 Å². The molecular formula is C42H23N3O. The average Bonchev–Trinajstić information content (AvgIpc) is 3.67. The number of benzene rings is 8. The van der Waals surface area contributed by atoms with Crippen molar-refractivity contribution in [3.05, 3.63) is 140 Å². The lowest BCUT2D eigenvalue weighted by atomic mass is 9.91. The van der Waals surface area contributed by atoms with Gasteiger partial charge in [0.15, 0.2) is 5.82 Å². The van der Waals surface area contributed by atoms with Gasteiger partial charge in [-0.05, 0) is 68.7 Å². The minimum absolute atomic E-state index is 0.789. The van der Waals surface area contributed by atoms with Gasteiger partial charge in [-0.15, -0.1) is 0 Å². The molecule has 0 aliphatic rings. The summed E-state index contributed by atoms with van der Waals surface area (Å²) in [6, 6.07) is 49.2. The Morgan fingerprint density at radius 2 is 1.07 bits per heavy atom. The standard InChI is InChI=1S/C42H23N3O/c1-2-11-25-24(10-1)22-23-28-27-13-8-19-34-38(27)39-30(37(25)28)15-9-20-35(39)45(34)42-40(43-32-17-4-5-18-33(32)44-42)31-16-7-14-29-26-12-3-6-21-36(26)46-41(29)31/h1-23H. The lowest BCUT2D eigenvalue weighted by molar-refractivity contribution is 0.669. The molecule has 3 heterocycles. The van der Waals surface area contributed by atoms with E-state index < -0.39 is 0 Å². The van der Waals surface area contributed by atoms with Gasteiger partial charge in [0.1, 0.15) is 16.9 Å². The SMILES string of the molecule is c1ccc2c(c1)ccc1c3cccc4c3c3c(cccc3n4-c3nc4ccccc4nc3-c3cccc4c3oc3ccccc34)c21. The molecule has 0 fully saturated rings. The van der Waals surface area contributed by atoms with Crippen molar-refractivity contribution in [3.8, 4) is 17.1 Å². The third-order valence-corrected chi connectivity index (χ3v) is 9.73. The highest BCUT2D eigenvalue weighted by atomic mass is 16.3. The molecule has 3 aromatic heterocycles. The quantitative estimate of drug-likeness (QED) is 0.190. The Balaban J connectivity index is 1.34. The molecule has 0 atom stereocenters. The summed E-state index contributed by atoms with van der Waals surface area (Å²) < 4.78 is 8.87. The maximum Gasteiger partial charge on any atom is 0.165 e. The van der Waals surface area contributed by atoms with Crippen LogP contribution in [-0.2, 0) is 0 Å². The maximum absolute atomic E-state index is 6.55. The summed E-state index contributed by atoms with van der Waals surface area (Å²) in [4.78, 5) is 10.7. The molecule has 0 aliphatic heterocycles. The minimum Gasteiger partial charge on any atom is -0.455 e. The highest BCUT2D eigenvalue weighted by Crippen LogP contribution is 2.46. The molecule has 0 saturated heterocycles. The molecule has 0 spiro atoms. The van der Waals surface area contributed by atoms with Crippen molar-refractivity contribution in [3.63, 3.8) is 0 Å². The summed E-state index contributed by atoms with van der Waals surface area (Å²) in [5, 5.41) is 12.2. The molecule has 0 unspecified atom stereocenters. The number of para-hydroxylation sites is 4. The highest BCUT2D eigenvalue weighted by molar-refractivity contribution is 6.38. The number of nitrogens with zero attached hydrogens (tertiary/aromatic N) is 3. The monoisotopic (exact) mass is 585 g/mol. The zero-order chi connectivity index (χ0) is 29.9. The molecule has 0 saturated carbocycles. The second-order valence-electron chi connectivity index (χ2n) is 12.1. The molecular weight excluding hydrogens is 562 g/mol. The van der Waals surface area contributed by atoms with Crippen LogP contribution in [0.1, 0.15) is 0 Å². The van der Waals surface area contributed by atoms with Crippen LogP contribution in [0.5, 0.6) is 0 Å². The van der Waals surface area contributed by atoms with E-state index in [0.717, 1.165) is 61.1 Å². The Morgan fingerprint density at radius 3 is 1.93 bits per heavy atom. The van der Waals surface area contributed by atoms with Crippen molar-refractivity contribution in [2.24, 2.45) is 0 Å². The van der Waals surface area contributed by atoms with E-state index in [4.69, 9.17) is 14.4 Å². The Hall–Kier alpha value is -6.26. The van der Waals surface area contributed by atoms with Crippen LogP contribution < -0.4 is 0 Å². The van der Waals surface area contributed by atoms with Crippen LogP contribution in [0.4, 0.5) is 0 Å². The zero-order valence-electron chi connectivity index (χ0n) is 24.5. The van der Waals surface area contributed by atoms with Crippen LogP contribution in [0, 0.1) is 0 Å². The van der Waals surface area contributed by atoms with Crippen LogP contribution in [0.15, 0.2) is 144 Å². The largest absolute Gasteiger partial charge is 0.455 e. The number of hydrogen-bond acceptors (Lipinski definition) is 3. The van der Waals surface area contributed by atoms with Crippen molar-refractivity contribution >= 4 is 87.1 Å². The highest BCUT2D eigenvalue weighted by Gasteiger charge is 2.25. The van der Waals surface area contributed by atoms with Gasteiger partial charge in [-0.3, -0.25) is 4.57 Å². The topological polar surface area (TPSA) is 43.9 Å². The van der Waals surface area contributed by atoms with Crippen molar-refractivity contribution in [1.29, 1.82) is 0 Å². The Bertz CT molecular complexity index is 3040. The Morgan fingerprint density at radius 1 is 0.435 bits per heavy atom. The molecule has 0 N–H and O–H groups in total. The van der Waals surface area contributed by atoms with E-state index in [9.17, 15) is 0 Å². The second kappa shape index (κ2) is 8.68. The first kappa shape index (κ1) is 24.1. The van der Waals surface area contributed by atoms with Gasteiger partial charge in [0.2, 0.25) is 0 Å². The van der Waals surface area contributed by atoms with Gasteiger partial charge in [0.05, 0.1) is 22.1 Å². The van der Waals surface area contributed by atoms with Crippen LogP contribution >= 0.6 is 0 Å². The molecule has 0 amide bonds. The number of hydrogen-bond donors (Lipinski definition) is 0. The molecule has 0 aliphatic carbocycles. The van der Waals surface area contributed by atoms with Gasteiger partial charge in [-0.25, -0.2) is 9.97 Å². The average molecular weight is 586 g/mol. The molecule has 0 bridgehead atoms. The molecule has 0 radical (unpaired) electrons. The van der Waals surface area contributed by atoms with Gasteiger partial charge in [-0.2, -0.15) is 0 Å². The fourth-order valence-electron chi connectivity index (χ4n) is 7.82. The predicted molar refractivity (Wildman–Crippen MR) is 190 cm³/mol. The molecule has 4 nitrogen and oxygen atoms in total. The third kappa shape index (κ3) is 3.03. The Kier molecular flexibility index (Phi) is 4.55. The lowest BCUT2D eigenvalue weighted by Crippen LogP contribution is -2.03. The van der Waals surface area contributed by atoms with Crippen LogP contribution in [0.3, 0.4) is 0 Å². The number of rotatable bonds is 2. The molecule has 11 rings (SSSR count). The van der Waals surface area contributed by atoms with Gasteiger partial charge in [0, 0.05) is 27.1 Å². The molecule has 212 valence electrons. The molecule has 4 heteroatoms. The maximum atomic E-state index is 6.55. The van der Waals surface area contributed by atoms with E-state index in [0.29, 0.717) is 0 Å². The minimum atomic E-state index is 0.789. The van der Waals surface area contributed by atoms with Gasteiger partial charge < -0.3 is 4.42 Å². The fourth-order valence-corrected chi connectivity index (χ4v) is 7.82. The second-order valence-corrected chi connectivity index (χ2v) is 12.1. The number of furan rings is 1. The molecule has 11 aromatic rings. The van der Waals surface area contributed by atoms with Crippen molar-refractivity contribution in [1.82, 2.24) is 14.5 Å². The van der Waals surface area contributed by atoms with Crippen LogP contribution in [-0.4, -0.2) is 14.5 Å². The van der Waals surface area contributed by atoms with Gasteiger partial charge in [-0.1, -0.05) is 103 Å². The first-order valence-electron chi connectivity index (χ1n) is 15.6. The van der Waals surface area contributed by atoms with E-state index >= 15 is 0 Å². The van der Waals surface area contributed by atoms with Gasteiger partial charge >= 0.3 is 0 Å². The Labute approximate surface area is 262 Å². The predicted octanol–water partition coefficient (Wildman–Crippen LogP) is 11.2. The zero-order valence-corrected chi connectivity index (χ0v) is 24.5. The molecule has 46 heavy (non-hydrogen) atoms. The summed E-state index contributed by atoms with van der Waals surface area (Å²) in [7, 11) is 0. The first-order chi connectivity index (χ1) is 22.8. The number of fused-ring (bicyclic) bond motifs is 9. The van der Waals surface area contributed by atoms with Crippen molar-refractivity contribution in [2.45, 2.75) is 0 Å². The summed E-state index contributed by atoms with van der Waals surface area (Å²) >= 11 is 0. The summed E-state index contributed by atoms with van der Waals surface area (Å²) in [5.41, 5.74) is 7.32. The van der Waals surface area contributed by atoms with Crippen molar-refractivity contribution in [2.75, 3.05) is 0 Å². The normalized spacial score (nSPS) is 12.3. The molecule has 8 aromatic carbocycles.